The molecule has 0 amide bonds. The molecule has 2 aromatic heterocycles. The molecule has 3 rings (SSSR count). The number of ether oxygens (including phenoxy) is 1. The molecule has 0 radical (unpaired) electrons. The first-order valence-electron chi connectivity index (χ1n) is 7.13. The lowest BCUT2D eigenvalue weighted by atomic mass is 10.2. The van der Waals surface area contributed by atoms with Crippen LogP contribution in [-0.2, 0) is 11.3 Å². The van der Waals surface area contributed by atoms with Crippen LogP contribution in [-0.4, -0.2) is 27.7 Å². The first-order valence-corrected chi connectivity index (χ1v) is 7.13. The number of pyridine rings is 1. The van der Waals surface area contributed by atoms with Crippen LogP contribution in [0, 0.1) is 5.92 Å². The predicted molar refractivity (Wildman–Crippen MR) is 78.0 cm³/mol. The number of aromatic nitrogens is 3. The monoisotopic (exact) mass is 272 g/mol. The summed E-state index contributed by atoms with van der Waals surface area (Å²) < 4.78 is 7.76. The molecular formula is C15H20N4O. The highest BCUT2D eigenvalue weighted by atomic mass is 16.5. The van der Waals surface area contributed by atoms with Gasteiger partial charge in [0.2, 0.25) is 0 Å². The summed E-state index contributed by atoms with van der Waals surface area (Å²) in [5, 5.41) is 0. The Hall–Kier alpha value is -1.88. The van der Waals surface area contributed by atoms with Crippen LogP contribution in [0.15, 0.2) is 30.9 Å². The zero-order chi connectivity index (χ0) is 13.8. The maximum Gasteiger partial charge on any atom is 0.132 e. The second-order valence-electron chi connectivity index (χ2n) is 5.28. The van der Waals surface area contributed by atoms with Gasteiger partial charge in [-0.3, -0.25) is 0 Å². The summed E-state index contributed by atoms with van der Waals surface area (Å²) >= 11 is 0. The van der Waals surface area contributed by atoms with Crippen molar-refractivity contribution in [2.45, 2.75) is 25.8 Å². The van der Waals surface area contributed by atoms with E-state index >= 15 is 0 Å². The van der Waals surface area contributed by atoms with Crippen LogP contribution in [0.3, 0.4) is 0 Å². The van der Waals surface area contributed by atoms with Gasteiger partial charge in [0.1, 0.15) is 5.82 Å². The molecule has 0 aliphatic heterocycles. The molecule has 5 heteroatoms. The van der Waals surface area contributed by atoms with Gasteiger partial charge in [0.05, 0.1) is 18.2 Å². The van der Waals surface area contributed by atoms with E-state index in [0.717, 1.165) is 43.4 Å². The van der Waals surface area contributed by atoms with E-state index in [0.29, 0.717) is 5.82 Å². The molecule has 2 heterocycles. The Morgan fingerprint density at radius 3 is 3.10 bits per heavy atom. The van der Waals surface area contributed by atoms with Gasteiger partial charge in [-0.15, -0.1) is 0 Å². The molecule has 2 N–H and O–H groups in total. The Balaban J connectivity index is 1.57. The number of hydrogen-bond acceptors (Lipinski definition) is 4. The first-order chi connectivity index (χ1) is 9.84. The topological polar surface area (TPSA) is 66.0 Å². The first kappa shape index (κ1) is 13.1. The molecule has 1 fully saturated rings. The number of anilines is 1. The van der Waals surface area contributed by atoms with Crippen molar-refractivity contribution in [3.63, 3.8) is 0 Å². The van der Waals surface area contributed by atoms with Crippen molar-refractivity contribution in [1.29, 1.82) is 0 Å². The second kappa shape index (κ2) is 6.05. The quantitative estimate of drug-likeness (QED) is 0.786. The minimum atomic E-state index is 0.541. The third kappa shape index (κ3) is 3.17. The number of hydrogen-bond donors (Lipinski definition) is 1. The van der Waals surface area contributed by atoms with E-state index in [9.17, 15) is 0 Å². The van der Waals surface area contributed by atoms with Gasteiger partial charge in [0.25, 0.3) is 0 Å². The molecule has 20 heavy (non-hydrogen) atoms. The van der Waals surface area contributed by atoms with Gasteiger partial charge in [-0.05, 0) is 37.3 Å². The molecule has 1 aliphatic rings. The van der Waals surface area contributed by atoms with Crippen LogP contribution >= 0.6 is 0 Å². The van der Waals surface area contributed by atoms with Gasteiger partial charge in [0, 0.05) is 31.5 Å². The second-order valence-corrected chi connectivity index (χ2v) is 5.28. The van der Waals surface area contributed by atoms with Crippen molar-refractivity contribution in [3.05, 3.63) is 30.9 Å². The summed E-state index contributed by atoms with van der Waals surface area (Å²) in [7, 11) is 0. The predicted octanol–water partition coefficient (Wildman–Crippen LogP) is 2.34. The fraction of sp³-hybridized carbons (Fsp3) is 0.467. The third-order valence-electron chi connectivity index (χ3n) is 3.56. The van der Waals surface area contributed by atoms with Crippen LogP contribution in [0.1, 0.15) is 19.3 Å². The smallest absolute Gasteiger partial charge is 0.132 e. The van der Waals surface area contributed by atoms with Crippen molar-refractivity contribution < 1.29 is 4.74 Å². The van der Waals surface area contributed by atoms with Gasteiger partial charge in [-0.25, -0.2) is 9.97 Å². The Kier molecular flexibility index (Phi) is 3.97. The van der Waals surface area contributed by atoms with Crippen LogP contribution in [0.2, 0.25) is 0 Å². The summed E-state index contributed by atoms with van der Waals surface area (Å²) in [4.78, 5) is 8.34. The minimum absolute atomic E-state index is 0.541. The fourth-order valence-corrected chi connectivity index (χ4v) is 2.23. The maximum atomic E-state index is 5.92. The van der Waals surface area contributed by atoms with E-state index in [1.807, 2.05) is 24.7 Å². The van der Waals surface area contributed by atoms with E-state index in [-0.39, 0.29) is 0 Å². The molecule has 5 nitrogen and oxygen atoms in total. The largest absolute Gasteiger partial charge is 0.383 e. The number of aryl methyl sites for hydroxylation is 1. The Labute approximate surface area is 118 Å². The van der Waals surface area contributed by atoms with Crippen molar-refractivity contribution in [2.24, 2.45) is 5.92 Å². The van der Waals surface area contributed by atoms with Gasteiger partial charge in [-0.2, -0.15) is 0 Å². The molecule has 0 unspecified atom stereocenters. The molecule has 0 atom stereocenters. The van der Waals surface area contributed by atoms with Crippen LogP contribution in [0.25, 0.3) is 11.3 Å². The van der Waals surface area contributed by atoms with Crippen molar-refractivity contribution >= 4 is 5.82 Å². The number of imidazole rings is 1. The van der Waals surface area contributed by atoms with E-state index in [1.54, 1.807) is 6.20 Å². The molecular weight excluding hydrogens is 252 g/mol. The molecule has 0 saturated heterocycles. The Bertz CT molecular complexity index is 563. The summed E-state index contributed by atoms with van der Waals surface area (Å²) in [6, 6.07) is 3.86. The Morgan fingerprint density at radius 1 is 1.40 bits per heavy atom. The summed E-state index contributed by atoms with van der Waals surface area (Å²) in [6.07, 6.45) is 9.03. The molecule has 0 spiro atoms. The molecule has 0 bridgehead atoms. The average Bonchev–Trinajstić information content (AvgIpc) is 3.17. The zero-order valence-corrected chi connectivity index (χ0v) is 11.5. The van der Waals surface area contributed by atoms with Crippen molar-refractivity contribution in [3.8, 4) is 11.3 Å². The molecule has 106 valence electrons. The zero-order valence-electron chi connectivity index (χ0n) is 11.5. The highest BCUT2D eigenvalue weighted by Gasteiger charge is 2.20. The highest BCUT2D eigenvalue weighted by Crippen LogP contribution is 2.28. The molecule has 1 saturated carbocycles. The van der Waals surface area contributed by atoms with Gasteiger partial charge in [0.15, 0.2) is 0 Å². The average molecular weight is 272 g/mol. The maximum absolute atomic E-state index is 5.92. The minimum Gasteiger partial charge on any atom is -0.383 e. The van der Waals surface area contributed by atoms with Crippen LogP contribution < -0.4 is 5.73 Å². The summed E-state index contributed by atoms with van der Waals surface area (Å²) in [6.45, 7) is 2.61. The van der Waals surface area contributed by atoms with Crippen molar-refractivity contribution in [1.82, 2.24) is 14.5 Å². The Morgan fingerprint density at radius 2 is 2.30 bits per heavy atom. The standard InChI is InChI=1S/C15H20N4O/c16-15-13(3-1-6-18-15)14-9-17-11-19(14)7-2-8-20-10-12-4-5-12/h1,3,6,9,11-12H,2,4-5,7-8,10H2,(H2,16,18). The van der Waals surface area contributed by atoms with E-state index in [2.05, 4.69) is 14.5 Å². The molecule has 0 aromatic carbocycles. The van der Waals surface area contributed by atoms with Gasteiger partial charge >= 0.3 is 0 Å². The SMILES string of the molecule is Nc1ncccc1-c1cncn1CCCOCC1CC1. The lowest BCUT2D eigenvalue weighted by molar-refractivity contribution is 0.119. The lowest BCUT2D eigenvalue weighted by Crippen LogP contribution is -2.05. The normalized spacial score (nSPS) is 14.6. The number of rotatable bonds is 7. The third-order valence-corrected chi connectivity index (χ3v) is 3.56. The number of nitrogens with zero attached hydrogens (tertiary/aromatic N) is 3. The fourth-order valence-electron chi connectivity index (χ4n) is 2.23. The number of nitrogens with two attached hydrogens (primary N) is 1. The molecule has 2 aromatic rings. The summed E-state index contributed by atoms with van der Waals surface area (Å²) in [5.41, 5.74) is 7.87. The van der Waals surface area contributed by atoms with Crippen LogP contribution in [0.5, 0.6) is 0 Å². The molecule has 1 aliphatic carbocycles. The van der Waals surface area contributed by atoms with E-state index in [4.69, 9.17) is 10.5 Å². The van der Waals surface area contributed by atoms with Gasteiger partial charge < -0.3 is 15.0 Å². The van der Waals surface area contributed by atoms with Crippen molar-refractivity contribution in [2.75, 3.05) is 18.9 Å². The highest BCUT2D eigenvalue weighted by molar-refractivity contribution is 5.70. The lowest BCUT2D eigenvalue weighted by Gasteiger charge is -2.09. The van der Waals surface area contributed by atoms with Gasteiger partial charge in [-0.1, -0.05) is 0 Å². The summed E-state index contributed by atoms with van der Waals surface area (Å²) in [5.74, 6) is 1.37. The number of nitrogen functional groups attached to an aromatic ring is 1. The van der Waals surface area contributed by atoms with E-state index in [1.165, 1.54) is 12.8 Å². The van der Waals surface area contributed by atoms with E-state index < -0.39 is 0 Å². The van der Waals surface area contributed by atoms with Crippen LogP contribution in [0.4, 0.5) is 5.82 Å².